The van der Waals surface area contributed by atoms with Crippen LogP contribution in [0.25, 0.3) is 0 Å². The van der Waals surface area contributed by atoms with Gasteiger partial charge in [0.1, 0.15) is 16.5 Å². The van der Waals surface area contributed by atoms with Crippen molar-refractivity contribution in [2.75, 3.05) is 25.1 Å². The number of anilines is 1. The lowest BCUT2D eigenvalue weighted by Gasteiger charge is -2.09. The van der Waals surface area contributed by atoms with Crippen molar-refractivity contribution in [2.24, 2.45) is 0 Å². The molecule has 0 unspecified atom stereocenters. The van der Waals surface area contributed by atoms with Crippen LogP contribution in [0.4, 0.5) is 5.00 Å². The van der Waals surface area contributed by atoms with Crippen LogP contribution in [-0.2, 0) is 9.53 Å². The van der Waals surface area contributed by atoms with E-state index >= 15 is 0 Å². The van der Waals surface area contributed by atoms with Gasteiger partial charge < -0.3 is 19.5 Å². The first-order valence-corrected chi connectivity index (χ1v) is 9.65. The number of Topliss-reactive ketones (excluding diaryl/α,β-unsaturated/α-hetero) is 1. The normalized spacial score (nSPS) is 10.3. The number of benzene rings is 1. The number of hydrogen-bond donors (Lipinski definition) is 1. The molecule has 0 aliphatic heterocycles. The molecule has 28 heavy (non-hydrogen) atoms. The number of hydrogen-bond acceptors (Lipinski definition) is 7. The first-order chi connectivity index (χ1) is 13.4. The van der Waals surface area contributed by atoms with Gasteiger partial charge in [-0.05, 0) is 57.5 Å². The van der Waals surface area contributed by atoms with E-state index in [1.54, 1.807) is 38.1 Å². The molecule has 0 atom stereocenters. The second-order valence-corrected chi connectivity index (χ2v) is 6.80. The summed E-state index contributed by atoms with van der Waals surface area (Å²) in [5, 5.41) is 2.92. The highest BCUT2D eigenvalue weighted by Gasteiger charge is 2.25. The van der Waals surface area contributed by atoms with Crippen molar-refractivity contribution in [3.63, 3.8) is 0 Å². The Bertz CT molecular complexity index is 856. The molecular formula is C20H23NO6S. The monoisotopic (exact) mass is 405 g/mol. The summed E-state index contributed by atoms with van der Waals surface area (Å²) in [6.45, 7) is 7.16. The zero-order chi connectivity index (χ0) is 20.7. The van der Waals surface area contributed by atoms with Gasteiger partial charge in [0.2, 0.25) is 0 Å². The smallest absolute Gasteiger partial charge is 0.341 e. The van der Waals surface area contributed by atoms with Gasteiger partial charge in [-0.25, -0.2) is 4.79 Å². The summed E-state index contributed by atoms with van der Waals surface area (Å²) in [6, 6.07) is 6.89. The van der Waals surface area contributed by atoms with E-state index in [2.05, 4.69) is 5.32 Å². The fraction of sp³-hybridized carbons (Fsp3) is 0.350. The van der Waals surface area contributed by atoms with Gasteiger partial charge >= 0.3 is 5.97 Å². The molecule has 1 heterocycles. The largest absolute Gasteiger partial charge is 0.494 e. The topological polar surface area (TPSA) is 90.9 Å². The van der Waals surface area contributed by atoms with E-state index in [1.165, 1.54) is 6.92 Å². The van der Waals surface area contributed by atoms with Crippen LogP contribution in [-0.4, -0.2) is 37.5 Å². The fourth-order valence-corrected chi connectivity index (χ4v) is 3.60. The zero-order valence-corrected chi connectivity index (χ0v) is 17.1. The van der Waals surface area contributed by atoms with Crippen LogP contribution in [0.1, 0.15) is 46.4 Å². The predicted octanol–water partition coefficient (Wildman–Crippen LogP) is 3.85. The molecule has 0 radical (unpaired) electrons. The van der Waals surface area contributed by atoms with Crippen LogP contribution in [0.5, 0.6) is 11.5 Å². The van der Waals surface area contributed by atoms with Gasteiger partial charge in [-0.1, -0.05) is 0 Å². The third-order valence-corrected chi connectivity index (χ3v) is 5.01. The van der Waals surface area contributed by atoms with E-state index in [4.69, 9.17) is 14.2 Å². The van der Waals surface area contributed by atoms with Crippen LogP contribution in [0, 0.1) is 6.92 Å². The first-order valence-electron chi connectivity index (χ1n) is 8.84. The summed E-state index contributed by atoms with van der Waals surface area (Å²) in [5.74, 6) is 0.0154. The number of carbonyl (C=O) groups excluding carboxylic acids is 3. The van der Waals surface area contributed by atoms with Crippen LogP contribution < -0.4 is 14.8 Å². The van der Waals surface area contributed by atoms with E-state index in [9.17, 15) is 14.4 Å². The molecule has 0 spiro atoms. The van der Waals surface area contributed by atoms with E-state index in [0.29, 0.717) is 28.5 Å². The Morgan fingerprint density at radius 3 is 2.14 bits per heavy atom. The van der Waals surface area contributed by atoms with Crippen molar-refractivity contribution in [2.45, 2.75) is 27.7 Å². The summed E-state index contributed by atoms with van der Waals surface area (Å²) in [6.07, 6.45) is 0. The lowest BCUT2D eigenvalue weighted by molar-refractivity contribution is -0.118. The summed E-state index contributed by atoms with van der Waals surface area (Å²) < 4.78 is 15.9. The Morgan fingerprint density at radius 2 is 1.61 bits per heavy atom. The third kappa shape index (κ3) is 5.32. The number of thiophene rings is 1. The molecule has 2 aromatic rings. The molecule has 0 aliphatic rings. The van der Waals surface area contributed by atoms with Gasteiger partial charge in [-0.2, -0.15) is 0 Å². The minimum atomic E-state index is -0.577. The van der Waals surface area contributed by atoms with Gasteiger partial charge in [-0.15, -0.1) is 11.3 Å². The Hall–Kier alpha value is -2.87. The summed E-state index contributed by atoms with van der Waals surface area (Å²) >= 11 is 1.05. The van der Waals surface area contributed by atoms with Crippen molar-refractivity contribution in [1.82, 2.24) is 0 Å². The molecule has 0 fully saturated rings. The molecule has 0 aliphatic carbocycles. The average molecular weight is 405 g/mol. The zero-order valence-electron chi connectivity index (χ0n) is 16.3. The van der Waals surface area contributed by atoms with Crippen molar-refractivity contribution in [1.29, 1.82) is 0 Å². The van der Waals surface area contributed by atoms with Crippen LogP contribution in [0.15, 0.2) is 24.3 Å². The molecule has 0 saturated carbocycles. The Balaban J connectivity index is 2.09. The highest BCUT2D eigenvalue weighted by atomic mass is 32.1. The number of nitrogens with one attached hydrogen (secondary N) is 1. The van der Waals surface area contributed by atoms with Gasteiger partial charge in [-0.3, -0.25) is 9.59 Å². The Morgan fingerprint density at radius 1 is 1.00 bits per heavy atom. The Kier molecular flexibility index (Phi) is 7.57. The quantitative estimate of drug-likeness (QED) is 0.503. The second kappa shape index (κ2) is 9.89. The summed E-state index contributed by atoms with van der Waals surface area (Å²) in [5.41, 5.74) is 0.699. The number of rotatable bonds is 9. The Labute approximate surface area is 167 Å². The molecule has 7 nitrogen and oxygen atoms in total. The highest BCUT2D eigenvalue weighted by molar-refractivity contribution is 7.18. The van der Waals surface area contributed by atoms with Crippen LogP contribution in [0.3, 0.4) is 0 Å². The van der Waals surface area contributed by atoms with Gasteiger partial charge in [0, 0.05) is 0 Å². The minimum absolute atomic E-state index is 0.181. The highest BCUT2D eigenvalue weighted by Crippen LogP contribution is 2.34. The maximum absolute atomic E-state index is 12.3. The molecule has 0 bridgehead atoms. The molecule has 0 saturated heterocycles. The average Bonchev–Trinajstić information content (AvgIpc) is 2.98. The summed E-state index contributed by atoms with van der Waals surface area (Å²) in [7, 11) is 0. The van der Waals surface area contributed by atoms with E-state index in [1.807, 2.05) is 6.92 Å². The van der Waals surface area contributed by atoms with Gasteiger partial charge in [0.05, 0.1) is 23.7 Å². The molecular weight excluding hydrogens is 382 g/mol. The van der Waals surface area contributed by atoms with Crippen LogP contribution in [0.2, 0.25) is 0 Å². The van der Waals surface area contributed by atoms with Crippen LogP contribution >= 0.6 is 11.3 Å². The third-order valence-electron chi connectivity index (χ3n) is 3.70. The van der Waals surface area contributed by atoms with Gasteiger partial charge in [0.25, 0.3) is 5.91 Å². The minimum Gasteiger partial charge on any atom is -0.494 e. The molecule has 1 amide bonds. The first kappa shape index (κ1) is 21.4. The molecule has 1 aromatic carbocycles. The molecule has 150 valence electrons. The standard InChI is InChI=1S/C20H23NO6S/c1-5-25-14-7-9-15(10-8-14)27-11-16(23)21-19-17(20(24)26-6-2)12(3)18(28-19)13(4)22/h7-10H,5-6,11H2,1-4H3,(H,21,23). The molecule has 8 heteroatoms. The van der Waals surface area contributed by atoms with Gasteiger partial charge in [0.15, 0.2) is 12.4 Å². The number of amides is 1. The molecule has 2 rings (SSSR count). The van der Waals surface area contributed by atoms with Crippen molar-refractivity contribution in [3.8, 4) is 11.5 Å². The fourth-order valence-electron chi connectivity index (χ4n) is 2.50. The molecule has 1 aromatic heterocycles. The lowest BCUT2D eigenvalue weighted by Crippen LogP contribution is -2.21. The van der Waals surface area contributed by atoms with Crippen molar-refractivity contribution < 1.29 is 28.6 Å². The number of carbonyl (C=O) groups is 3. The predicted molar refractivity (Wildman–Crippen MR) is 107 cm³/mol. The maximum Gasteiger partial charge on any atom is 0.341 e. The van der Waals surface area contributed by atoms with Crippen molar-refractivity contribution >= 4 is 34.0 Å². The number of ether oxygens (including phenoxy) is 3. The SMILES string of the molecule is CCOC(=O)c1c(NC(=O)COc2ccc(OCC)cc2)sc(C(C)=O)c1C. The van der Waals surface area contributed by atoms with Crippen molar-refractivity contribution in [3.05, 3.63) is 40.3 Å². The maximum atomic E-state index is 12.3. The number of ketones is 1. The van der Waals surface area contributed by atoms with E-state index in [-0.39, 0.29) is 29.6 Å². The lowest BCUT2D eigenvalue weighted by atomic mass is 10.1. The van der Waals surface area contributed by atoms with E-state index in [0.717, 1.165) is 11.3 Å². The van der Waals surface area contributed by atoms with E-state index < -0.39 is 11.9 Å². The number of esters is 1. The summed E-state index contributed by atoms with van der Waals surface area (Å²) in [4.78, 5) is 36.7. The second-order valence-electron chi connectivity index (χ2n) is 5.78. The molecule has 1 N–H and O–H groups in total.